The lowest BCUT2D eigenvalue weighted by atomic mass is 10.3. The zero-order chi connectivity index (χ0) is 12.1. The van der Waals surface area contributed by atoms with Gasteiger partial charge in [-0.1, -0.05) is 0 Å². The maximum absolute atomic E-state index is 11.2. The topological polar surface area (TPSA) is 38.3 Å². The average molecular weight is 241 g/mol. The fourth-order valence-corrected chi connectivity index (χ4v) is 2.35. The van der Waals surface area contributed by atoms with Gasteiger partial charge < -0.3 is 10.1 Å². The highest BCUT2D eigenvalue weighted by molar-refractivity contribution is 7.12. The monoisotopic (exact) mass is 241 g/mol. The van der Waals surface area contributed by atoms with Crippen molar-refractivity contribution in [3.05, 3.63) is 21.4 Å². The van der Waals surface area contributed by atoms with Gasteiger partial charge in [0.25, 0.3) is 0 Å². The minimum atomic E-state index is -0.194. The molecular weight excluding hydrogens is 222 g/mol. The molecule has 1 heterocycles. The second-order valence-electron chi connectivity index (χ2n) is 4.09. The van der Waals surface area contributed by atoms with E-state index in [1.165, 1.54) is 15.3 Å². The summed E-state index contributed by atoms with van der Waals surface area (Å²) < 4.78 is 5.02. The summed E-state index contributed by atoms with van der Waals surface area (Å²) >= 11 is 1.77. The highest BCUT2D eigenvalue weighted by Gasteiger charge is 2.05. The molecule has 0 aliphatic carbocycles. The van der Waals surface area contributed by atoms with Gasteiger partial charge in [-0.2, -0.15) is 0 Å². The van der Waals surface area contributed by atoms with Gasteiger partial charge in [0.2, 0.25) is 0 Å². The Balaban J connectivity index is 2.28. The number of carbonyl (C=O) groups excluding carboxylic acids is 1. The predicted molar refractivity (Wildman–Crippen MR) is 66.7 cm³/mol. The van der Waals surface area contributed by atoms with Crippen LogP contribution in [0.15, 0.2) is 6.07 Å². The second kappa shape index (κ2) is 6.01. The molecule has 0 saturated carbocycles. The summed E-state index contributed by atoms with van der Waals surface area (Å²) in [5, 5.41) is 3.08. The summed E-state index contributed by atoms with van der Waals surface area (Å²) in [4.78, 5) is 13.8. The smallest absolute Gasteiger partial charge is 0.320 e. The van der Waals surface area contributed by atoms with Crippen LogP contribution in [0, 0.1) is 13.8 Å². The lowest BCUT2D eigenvalue weighted by Gasteiger charge is -2.07. The van der Waals surface area contributed by atoms with Crippen LogP contribution in [-0.2, 0) is 16.1 Å². The number of ether oxygens (including phenoxy) is 1. The zero-order valence-electron chi connectivity index (χ0n) is 10.3. The van der Waals surface area contributed by atoms with Crippen molar-refractivity contribution in [2.45, 2.75) is 40.3 Å². The first-order chi connectivity index (χ1) is 7.49. The molecule has 0 atom stereocenters. The third-order valence-corrected chi connectivity index (χ3v) is 3.31. The van der Waals surface area contributed by atoms with Crippen LogP contribution < -0.4 is 5.32 Å². The molecule has 0 saturated heterocycles. The molecule has 0 aliphatic heterocycles. The summed E-state index contributed by atoms with van der Waals surface area (Å²) in [6.45, 7) is 8.91. The van der Waals surface area contributed by atoms with Crippen molar-refractivity contribution in [2.75, 3.05) is 6.54 Å². The van der Waals surface area contributed by atoms with E-state index in [2.05, 4.69) is 25.2 Å². The van der Waals surface area contributed by atoms with Crippen LogP contribution >= 0.6 is 11.3 Å². The first-order valence-corrected chi connectivity index (χ1v) is 6.26. The Kier molecular flexibility index (Phi) is 4.96. The van der Waals surface area contributed by atoms with Gasteiger partial charge in [0, 0.05) is 16.3 Å². The SMILES string of the molecule is Cc1cc(CNCC(=O)OC(C)C)sc1C. The molecule has 90 valence electrons. The van der Waals surface area contributed by atoms with Gasteiger partial charge in [-0.05, 0) is 39.3 Å². The predicted octanol–water partition coefficient (Wildman–Crippen LogP) is 2.41. The highest BCUT2D eigenvalue weighted by Crippen LogP contribution is 2.19. The van der Waals surface area contributed by atoms with Gasteiger partial charge in [0.1, 0.15) is 0 Å². The third-order valence-electron chi connectivity index (χ3n) is 2.15. The summed E-state index contributed by atoms with van der Waals surface area (Å²) in [7, 11) is 0. The first-order valence-electron chi connectivity index (χ1n) is 5.45. The van der Waals surface area contributed by atoms with E-state index >= 15 is 0 Å². The molecule has 1 aromatic rings. The van der Waals surface area contributed by atoms with Crippen molar-refractivity contribution < 1.29 is 9.53 Å². The number of hydrogen-bond donors (Lipinski definition) is 1. The van der Waals surface area contributed by atoms with Crippen molar-refractivity contribution in [1.29, 1.82) is 0 Å². The molecule has 16 heavy (non-hydrogen) atoms. The van der Waals surface area contributed by atoms with Gasteiger partial charge in [0.05, 0.1) is 12.6 Å². The summed E-state index contributed by atoms with van der Waals surface area (Å²) in [6.07, 6.45) is -0.0412. The van der Waals surface area contributed by atoms with Gasteiger partial charge in [0.15, 0.2) is 0 Å². The van der Waals surface area contributed by atoms with E-state index in [1.54, 1.807) is 11.3 Å². The van der Waals surface area contributed by atoms with Crippen molar-refractivity contribution in [1.82, 2.24) is 5.32 Å². The van der Waals surface area contributed by atoms with Crippen molar-refractivity contribution >= 4 is 17.3 Å². The van der Waals surface area contributed by atoms with E-state index in [9.17, 15) is 4.79 Å². The molecule has 0 amide bonds. The van der Waals surface area contributed by atoms with Gasteiger partial charge in [-0.3, -0.25) is 4.79 Å². The van der Waals surface area contributed by atoms with Crippen LogP contribution in [0.25, 0.3) is 0 Å². The molecule has 0 fully saturated rings. The highest BCUT2D eigenvalue weighted by atomic mass is 32.1. The lowest BCUT2D eigenvalue weighted by molar-refractivity contribution is -0.146. The fraction of sp³-hybridized carbons (Fsp3) is 0.583. The Morgan fingerprint density at radius 1 is 1.50 bits per heavy atom. The fourth-order valence-electron chi connectivity index (χ4n) is 1.33. The first kappa shape index (κ1) is 13.2. The van der Waals surface area contributed by atoms with Crippen LogP contribution in [0.2, 0.25) is 0 Å². The molecular formula is C12H19NO2S. The Hall–Kier alpha value is -0.870. The Labute approximate surface area is 101 Å². The molecule has 0 aliphatic rings. The molecule has 0 radical (unpaired) electrons. The van der Waals surface area contributed by atoms with Gasteiger partial charge in [-0.15, -0.1) is 11.3 Å². The number of rotatable bonds is 5. The maximum atomic E-state index is 11.2. The second-order valence-corrected chi connectivity index (χ2v) is 5.43. The van der Waals surface area contributed by atoms with Crippen molar-refractivity contribution in [2.24, 2.45) is 0 Å². The molecule has 0 aromatic carbocycles. The summed E-state index contributed by atoms with van der Waals surface area (Å²) in [5.41, 5.74) is 1.31. The minimum absolute atomic E-state index is 0.0412. The normalized spacial score (nSPS) is 10.8. The van der Waals surface area contributed by atoms with Crippen LogP contribution in [0.3, 0.4) is 0 Å². The van der Waals surface area contributed by atoms with Crippen LogP contribution in [0.4, 0.5) is 0 Å². The van der Waals surface area contributed by atoms with E-state index in [4.69, 9.17) is 4.74 Å². The number of aryl methyl sites for hydroxylation is 2. The molecule has 0 unspecified atom stereocenters. The van der Waals surface area contributed by atoms with Gasteiger partial charge in [-0.25, -0.2) is 0 Å². The van der Waals surface area contributed by atoms with E-state index in [1.807, 2.05) is 13.8 Å². The molecule has 1 aromatic heterocycles. The molecule has 1 N–H and O–H groups in total. The van der Waals surface area contributed by atoms with E-state index in [0.29, 0.717) is 0 Å². The van der Waals surface area contributed by atoms with Crippen LogP contribution in [0.5, 0.6) is 0 Å². The van der Waals surface area contributed by atoms with E-state index in [0.717, 1.165) is 6.54 Å². The van der Waals surface area contributed by atoms with E-state index in [-0.39, 0.29) is 18.6 Å². The maximum Gasteiger partial charge on any atom is 0.320 e. The number of hydrogen-bond acceptors (Lipinski definition) is 4. The standard InChI is InChI=1S/C12H19NO2S/c1-8(2)15-12(14)7-13-6-11-5-9(3)10(4)16-11/h5,8,13H,6-7H2,1-4H3. The number of nitrogens with one attached hydrogen (secondary N) is 1. The van der Waals surface area contributed by atoms with E-state index < -0.39 is 0 Å². The Bertz CT molecular complexity index is 338. The third kappa shape index (κ3) is 4.33. The minimum Gasteiger partial charge on any atom is -0.462 e. The molecule has 0 bridgehead atoms. The zero-order valence-corrected chi connectivity index (χ0v) is 11.1. The molecule has 0 spiro atoms. The summed E-state index contributed by atoms with van der Waals surface area (Å²) in [6, 6.07) is 2.15. The lowest BCUT2D eigenvalue weighted by Crippen LogP contribution is -2.25. The van der Waals surface area contributed by atoms with Gasteiger partial charge >= 0.3 is 5.97 Å². The van der Waals surface area contributed by atoms with Crippen LogP contribution in [-0.4, -0.2) is 18.6 Å². The largest absolute Gasteiger partial charge is 0.462 e. The molecule has 3 nitrogen and oxygen atoms in total. The Morgan fingerprint density at radius 3 is 2.69 bits per heavy atom. The van der Waals surface area contributed by atoms with Crippen LogP contribution in [0.1, 0.15) is 29.2 Å². The number of thiophene rings is 1. The Morgan fingerprint density at radius 2 is 2.19 bits per heavy atom. The average Bonchev–Trinajstić information content (AvgIpc) is 2.44. The molecule has 1 rings (SSSR count). The van der Waals surface area contributed by atoms with Crippen molar-refractivity contribution in [3.8, 4) is 0 Å². The summed E-state index contributed by atoms with van der Waals surface area (Å²) in [5.74, 6) is -0.194. The van der Waals surface area contributed by atoms with Crippen molar-refractivity contribution in [3.63, 3.8) is 0 Å². The number of esters is 1. The molecule has 4 heteroatoms. The number of carbonyl (C=O) groups is 1. The quantitative estimate of drug-likeness (QED) is 0.805.